The van der Waals surface area contributed by atoms with E-state index in [4.69, 9.17) is 9.52 Å². The molecule has 21 heavy (non-hydrogen) atoms. The average Bonchev–Trinajstić information content (AvgIpc) is 2.87. The van der Waals surface area contributed by atoms with Crippen LogP contribution in [0, 0.1) is 5.92 Å². The van der Waals surface area contributed by atoms with E-state index in [1.165, 1.54) is 0 Å². The van der Waals surface area contributed by atoms with Gasteiger partial charge in [-0.15, -0.1) is 0 Å². The number of furan rings is 1. The lowest BCUT2D eigenvalue weighted by Gasteiger charge is -2.16. The molecule has 0 saturated carbocycles. The van der Waals surface area contributed by atoms with Gasteiger partial charge in [0.1, 0.15) is 17.6 Å². The fourth-order valence-corrected chi connectivity index (χ4v) is 2.49. The van der Waals surface area contributed by atoms with Crippen LogP contribution < -0.4 is 5.32 Å². The van der Waals surface area contributed by atoms with Crippen LogP contribution in [0.25, 0.3) is 11.3 Å². The number of aliphatic carboxylic acids is 1. The molecule has 0 unspecified atom stereocenters. The van der Waals surface area contributed by atoms with Crippen LogP contribution in [-0.4, -0.2) is 17.1 Å². The predicted molar refractivity (Wildman–Crippen MR) is 84.9 cm³/mol. The number of hydrogen-bond donors (Lipinski definition) is 2. The van der Waals surface area contributed by atoms with Crippen molar-refractivity contribution in [2.45, 2.75) is 26.4 Å². The first-order valence-corrected chi connectivity index (χ1v) is 7.57. The van der Waals surface area contributed by atoms with Crippen molar-refractivity contribution >= 4 is 21.9 Å². The molecule has 112 valence electrons. The number of halogens is 1. The van der Waals surface area contributed by atoms with E-state index in [-0.39, 0.29) is 5.92 Å². The van der Waals surface area contributed by atoms with Crippen molar-refractivity contribution in [3.63, 3.8) is 0 Å². The van der Waals surface area contributed by atoms with Gasteiger partial charge in [-0.1, -0.05) is 41.9 Å². The Bertz CT molecular complexity index is 621. The summed E-state index contributed by atoms with van der Waals surface area (Å²) in [4.78, 5) is 11.1. The fourth-order valence-electron chi connectivity index (χ4n) is 2.09. The number of rotatable bonds is 6. The molecule has 0 aliphatic rings. The Labute approximate surface area is 132 Å². The van der Waals surface area contributed by atoms with Crippen LogP contribution in [0.1, 0.15) is 19.6 Å². The highest BCUT2D eigenvalue weighted by Gasteiger charge is 2.20. The second-order valence-corrected chi connectivity index (χ2v) is 6.13. The Kier molecular flexibility index (Phi) is 5.20. The Morgan fingerprint density at radius 3 is 2.71 bits per heavy atom. The topological polar surface area (TPSA) is 62.5 Å². The van der Waals surface area contributed by atoms with Crippen molar-refractivity contribution in [3.05, 3.63) is 46.6 Å². The molecule has 2 N–H and O–H groups in total. The Morgan fingerprint density at radius 2 is 2.10 bits per heavy atom. The number of carboxylic acids is 1. The third-order valence-corrected chi connectivity index (χ3v) is 3.69. The van der Waals surface area contributed by atoms with E-state index in [1.54, 1.807) is 0 Å². The summed E-state index contributed by atoms with van der Waals surface area (Å²) in [6.45, 7) is 4.14. The van der Waals surface area contributed by atoms with E-state index in [2.05, 4.69) is 21.2 Å². The normalized spacial score (nSPS) is 12.6. The molecule has 5 heteroatoms. The Balaban J connectivity index is 2.05. The van der Waals surface area contributed by atoms with Gasteiger partial charge >= 0.3 is 5.97 Å². The standard InChI is InChI=1S/C16H18BrNO3/c1-10(2)15(16(19)20)18-9-13-6-7-14(21-13)11-4-3-5-12(17)8-11/h3-8,10,15,18H,9H2,1-2H3,(H,19,20)/t15-/m0/s1. The number of carboxylic acid groups (broad SMARTS) is 1. The second-order valence-electron chi connectivity index (χ2n) is 5.22. The maximum atomic E-state index is 11.1. The second kappa shape index (κ2) is 6.91. The zero-order valence-electron chi connectivity index (χ0n) is 12.0. The number of carbonyl (C=O) groups is 1. The van der Waals surface area contributed by atoms with Gasteiger partial charge in [-0.05, 0) is 30.2 Å². The molecule has 1 heterocycles. The molecule has 0 aliphatic carbocycles. The minimum Gasteiger partial charge on any atom is -0.480 e. The van der Waals surface area contributed by atoms with Crippen LogP contribution in [0.4, 0.5) is 0 Å². The summed E-state index contributed by atoms with van der Waals surface area (Å²) in [5.41, 5.74) is 0.981. The van der Waals surface area contributed by atoms with Gasteiger partial charge in [0.05, 0.1) is 6.54 Å². The molecule has 1 aromatic heterocycles. The van der Waals surface area contributed by atoms with Crippen molar-refractivity contribution in [3.8, 4) is 11.3 Å². The van der Waals surface area contributed by atoms with Crippen LogP contribution in [-0.2, 0) is 11.3 Å². The van der Waals surface area contributed by atoms with Gasteiger partial charge in [0.2, 0.25) is 0 Å². The number of hydrogen-bond acceptors (Lipinski definition) is 3. The molecule has 1 aromatic carbocycles. The van der Waals surface area contributed by atoms with Gasteiger partial charge in [-0.25, -0.2) is 0 Å². The quantitative estimate of drug-likeness (QED) is 0.828. The maximum absolute atomic E-state index is 11.1. The molecule has 4 nitrogen and oxygen atoms in total. The van der Waals surface area contributed by atoms with E-state index < -0.39 is 12.0 Å². The average molecular weight is 352 g/mol. The molecular formula is C16H18BrNO3. The minimum absolute atomic E-state index is 0.0158. The fraction of sp³-hybridized carbons (Fsp3) is 0.312. The molecule has 0 saturated heterocycles. The summed E-state index contributed by atoms with van der Waals surface area (Å²) in [6.07, 6.45) is 0. The predicted octanol–water partition coefficient (Wildman–Crippen LogP) is 3.91. The van der Waals surface area contributed by atoms with Crippen molar-refractivity contribution in [1.82, 2.24) is 5.32 Å². The summed E-state index contributed by atoms with van der Waals surface area (Å²) in [6, 6.07) is 11.0. The molecule has 0 amide bonds. The van der Waals surface area contributed by atoms with Crippen LogP contribution in [0.5, 0.6) is 0 Å². The summed E-state index contributed by atoms with van der Waals surface area (Å²) in [7, 11) is 0. The van der Waals surface area contributed by atoms with Gasteiger partial charge in [0.15, 0.2) is 0 Å². The van der Waals surface area contributed by atoms with E-state index in [9.17, 15) is 4.79 Å². The highest BCUT2D eigenvalue weighted by Crippen LogP contribution is 2.25. The first-order chi connectivity index (χ1) is 9.97. The third kappa shape index (κ3) is 4.19. The van der Waals surface area contributed by atoms with Gasteiger partial charge in [0.25, 0.3) is 0 Å². The molecule has 0 radical (unpaired) electrons. The summed E-state index contributed by atoms with van der Waals surface area (Å²) in [5, 5.41) is 12.1. The van der Waals surface area contributed by atoms with Gasteiger partial charge < -0.3 is 9.52 Å². The SMILES string of the molecule is CC(C)[C@H](NCc1ccc(-c2cccc(Br)c2)o1)C(=O)O. The third-order valence-electron chi connectivity index (χ3n) is 3.20. The number of nitrogens with one attached hydrogen (secondary N) is 1. The van der Waals surface area contributed by atoms with E-state index in [0.717, 1.165) is 21.6 Å². The van der Waals surface area contributed by atoms with Gasteiger partial charge in [0, 0.05) is 10.0 Å². The zero-order valence-corrected chi connectivity index (χ0v) is 13.6. The lowest BCUT2D eigenvalue weighted by atomic mass is 10.1. The molecular weight excluding hydrogens is 334 g/mol. The summed E-state index contributed by atoms with van der Waals surface area (Å²) >= 11 is 3.43. The van der Waals surface area contributed by atoms with E-state index in [1.807, 2.05) is 50.2 Å². The highest BCUT2D eigenvalue weighted by atomic mass is 79.9. The maximum Gasteiger partial charge on any atom is 0.320 e. The van der Waals surface area contributed by atoms with Crippen LogP contribution in [0.15, 0.2) is 45.3 Å². The lowest BCUT2D eigenvalue weighted by Crippen LogP contribution is -2.40. The van der Waals surface area contributed by atoms with E-state index >= 15 is 0 Å². The lowest BCUT2D eigenvalue weighted by molar-refractivity contribution is -0.140. The zero-order chi connectivity index (χ0) is 15.4. The van der Waals surface area contributed by atoms with Crippen LogP contribution in [0.2, 0.25) is 0 Å². The number of benzene rings is 1. The van der Waals surface area contributed by atoms with Crippen molar-refractivity contribution in [2.75, 3.05) is 0 Å². The van der Waals surface area contributed by atoms with Crippen molar-refractivity contribution < 1.29 is 14.3 Å². The Morgan fingerprint density at radius 1 is 1.33 bits per heavy atom. The molecule has 0 spiro atoms. The molecule has 2 rings (SSSR count). The molecule has 0 aliphatic heterocycles. The molecule has 0 fully saturated rings. The molecule has 1 atom stereocenters. The smallest absolute Gasteiger partial charge is 0.320 e. The van der Waals surface area contributed by atoms with Crippen LogP contribution >= 0.6 is 15.9 Å². The van der Waals surface area contributed by atoms with Crippen molar-refractivity contribution in [2.24, 2.45) is 5.92 Å². The van der Waals surface area contributed by atoms with Gasteiger partial charge in [-0.2, -0.15) is 0 Å². The molecule has 0 bridgehead atoms. The first kappa shape index (κ1) is 15.8. The van der Waals surface area contributed by atoms with Crippen LogP contribution in [0.3, 0.4) is 0 Å². The Hall–Kier alpha value is -1.59. The molecule has 2 aromatic rings. The largest absolute Gasteiger partial charge is 0.480 e. The van der Waals surface area contributed by atoms with Crippen molar-refractivity contribution in [1.29, 1.82) is 0 Å². The highest BCUT2D eigenvalue weighted by molar-refractivity contribution is 9.10. The van der Waals surface area contributed by atoms with E-state index in [0.29, 0.717) is 6.54 Å². The first-order valence-electron chi connectivity index (χ1n) is 6.78. The monoisotopic (exact) mass is 351 g/mol. The van der Waals surface area contributed by atoms with Gasteiger partial charge in [-0.3, -0.25) is 10.1 Å². The minimum atomic E-state index is -0.844. The summed E-state index contributed by atoms with van der Waals surface area (Å²) in [5.74, 6) is 0.659. The summed E-state index contributed by atoms with van der Waals surface area (Å²) < 4.78 is 6.75.